The number of rotatable bonds is 3. The van der Waals surface area contributed by atoms with Crippen molar-refractivity contribution in [2.75, 3.05) is 0 Å². The summed E-state index contributed by atoms with van der Waals surface area (Å²) in [5.74, 6) is -1.25. The largest absolute Gasteiger partial charge is 0.390 e. The molecule has 2 heterocycles. The number of hydrogen-bond donors (Lipinski definition) is 3. The molecule has 1 aromatic carbocycles. The summed E-state index contributed by atoms with van der Waals surface area (Å²) >= 11 is 0. The van der Waals surface area contributed by atoms with E-state index in [0.29, 0.717) is 24.1 Å². The third-order valence-corrected chi connectivity index (χ3v) is 4.94. The van der Waals surface area contributed by atoms with Crippen LogP contribution in [0.1, 0.15) is 18.9 Å². The van der Waals surface area contributed by atoms with Crippen molar-refractivity contribution < 1.29 is 19.0 Å². The van der Waals surface area contributed by atoms with E-state index in [1.54, 1.807) is 10.6 Å². The number of aromatic amines is 1. The van der Waals surface area contributed by atoms with Crippen molar-refractivity contribution in [2.24, 2.45) is 0 Å². The van der Waals surface area contributed by atoms with Gasteiger partial charge in [0.25, 0.3) is 0 Å². The molecule has 0 aliphatic heterocycles. The van der Waals surface area contributed by atoms with Gasteiger partial charge in [-0.3, -0.25) is 4.79 Å². The van der Waals surface area contributed by atoms with Gasteiger partial charge in [-0.1, -0.05) is 0 Å². The molecule has 27 heavy (non-hydrogen) atoms. The summed E-state index contributed by atoms with van der Waals surface area (Å²) in [5.41, 5.74) is 0.809. The highest BCUT2D eigenvalue weighted by molar-refractivity contribution is 5.78. The lowest BCUT2D eigenvalue weighted by atomic mass is 10.0. The third kappa shape index (κ3) is 3.07. The van der Waals surface area contributed by atoms with Crippen LogP contribution in [0.4, 0.5) is 8.78 Å². The molecule has 0 amide bonds. The van der Waals surface area contributed by atoms with Crippen molar-refractivity contribution in [3.8, 4) is 22.5 Å². The van der Waals surface area contributed by atoms with Gasteiger partial charge >= 0.3 is 0 Å². The number of H-pyrrole nitrogens is 1. The molecular weight excluding hydrogens is 356 g/mol. The summed E-state index contributed by atoms with van der Waals surface area (Å²) in [6, 6.07) is 5.49. The fourth-order valence-corrected chi connectivity index (χ4v) is 3.58. The second-order valence-corrected chi connectivity index (χ2v) is 6.62. The van der Waals surface area contributed by atoms with Gasteiger partial charge in [0.2, 0.25) is 5.56 Å². The van der Waals surface area contributed by atoms with Crippen LogP contribution in [0.25, 0.3) is 22.5 Å². The number of hydrogen-bond acceptors (Lipinski definition) is 4. The average Bonchev–Trinajstić information content (AvgIpc) is 3.22. The van der Waals surface area contributed by atoms with Crippen LogP contribution >= 0.6 is 0 Å². The van der Waals surface area contributed by atoms with Crippen LogP contribution in [0.2, 0.25) is 0 Å². The quantitative estimate of drug-likeness (QED) is 0.657. The highest BCUT2D eigenvalue weighted by Crippen LogP contribution is 2.39. The average molecular weight is 373 g/mol. The maximum atomic E-state index is 14.4. The van der Waals surface area contributed by atoms with E-state index in [1.165, 1.54) is 18.6 Å². The Kier molecular flexibility index (Phi) is 4.37. The van der Waals surface area contributed by atoms with Gasteiger partial charge < -0.3 is 19.8 Å². The van der Waals surface area contributed by atoms with Crippen molar-refractivity contribution in [3.63, 3.8) is 0 Å². The molecule has 0 bridgehead atoms. The highest BCUT2D eigenvalue weighted by atomic mass is 19.1. The Morgan fingerprint density at radius 2 is 1.96 bits per heavy atom. The third-order valence-electron chi connectivity index (χ3n) is 4.94. The molecule has 0 unspecified atom stereocenters. The summed E-state index contributed by atoms with van der Waals surface area (Å²) in [6.07, 6.45) is 1.93. The molecule has 3 N–H and O–H groups in total. The number of halogens is 2. The smallest absolute Gasteiger partial charge is 0.247 e. The molecule has 2 aromatic heterocycles. The molecule has 3 atom stereocenters. The number of nitrogens with one attached hydrogen (secondary N) is 1. The molecule has 4 rings (SSSR count). The predicted octanol–water partition coefficient (Wildman–Crippen LogP) is 2.24. The predicted molar refractivity (Wildman–Crippen MR) is 93.9 cm³/mol. The summed E-state index contributed by atoms with van der Waals surface area (Å²) in [4.78, 5) is 18.2. The lowest BCUT2D eigenvalue weighted by Crippen LogP contribution is -2.27. The zero-order chi connectivity index (χ0) is 19.1. The lowest BCUT2D eigenvalue weighted by Gasteiger charge is -2.21. The monoisotopic (exact) mass is 373 g/mol. The summed E-state index contributed by atoms with van der Waals surface area (Å²) in [5, 5.41) is 20.2. The van der Waals surface area contributed by atoms with Crippen molar-refractivity contribution in [1.29, 1.82) is 0 Å². The standard InChI is InChI=1S/C19H17F2N3O3/c20-11-2-3-13(21)12(7-11)17-18(10-1-6-16(26)22-8-10)24(9-23-17)14-4-5-15(25)19(14)27/h1-3,6-9,14-15,19,25,27H,4-5H2,(H,22,26)/t14-,15-,19-/m1/s1. The van der Waals surface area contributed by atoms with Crippen molar-refractivity contribution in [2.45, 2.75) is 31.1 Å². The molecule has 1 aliphatic carbocycles. The fourth-order valence-electron chi connectivity index (χ4n) is 3.58. The molecule has 6 nitrogen and oxygen atoms in total. The summed E-state index contributed by atoms with van der Waals surface area (Å²) in [7, 11) is 0. The molecule has 140 valence electrons. The van der Waals surface area contributed by atoms with Gasteiger partial charge in [-0.2, -0.15) is 0 Å². The maximum Gasteiger partial charge on any atom is 0.247 e. The van der Waals surface area contributed by atoms with E-state index in [9.17, 15) is 23.8 Å². The fraction of sp³-hybridized carbons (Fsp3) is 0.263. The van der Waals surface area contributed by atoms with Crippen molar-refractivity contribution >= 4 is 0 Å². The molecule has 1 saturated carbocycles. The molecule has 1 aliphatic rings. The number of benzene rings is 1. The highest BCUT2D eigenvalue weighted by Gasteiger charge is 2.36. The number of aliphatic hydroxyl groups is 2. The van der Waals surface area contributed by atoms with Gasteiger partial charge in [-0.15, -0.1) is 0 Å². The van der Waals surface area contributed by atoms with Gasteiger partial charge in [0.1, 0.15) is 17.7 Å². The van der Waals surface area contributed by atoms with E-state index in [0.717, 1.165) is 18.2 Å². The van der Waals surface area contributed by atoms with Crippen LogP contribution in [-0.4, -0.2) is 37.0 Å². The Morgan fingerprint density at radius 1 is 1.15 bits per heavy atom. The van der Waals surface area contributed by atoms with E-state index >= 15 is 0 Å². The van der Waals surface area contributed by atoms with E-state index in [2.05, 4.69) is 9.97 Å². The van der Waals surface area contributed by atoms with Gasteiger partial charge in [0.15, 0.2) is 0 Å². The number of imidazole rings is 1. The first-order valence-electron chi connectivity index (χ1n) is 8.53. The second-order valence-electron chi connectivity index (χ2n) is 6.62. The molecule has 0 radical (unpaired) electrons. The van der Waals surface area contributed by atoms with E-state index in [-0.39, 0.29) is 16.8 Å². The molecular formula is C19H17F2N3O3. The SMILES string of the molecule is O=c1ccc(-c2c(-c3cc(F)ccc3F)ncn2[C@@H]2CC[C@@H](O)[C@@H]2O)c[nH]1. The zero-order valence-electron chi connectivity index (χ0n) is 14.1. The minimum Gasteiger partial charge on any atom is -0.390 e. The van der Waals surface area contributed by atoms with Gasteiger partial charge in [0, 0.05) is 23.4 Å². The molecule has 3 aromatic rings. The number of aliphatic hydroxyl groups excluding tert-OH is 2. The summed E-state index contributed by atoms with van der Waals surface area (Å²) < 4.78 is 29.7. The van der Waals surface area contributed by atoms with Gasteiger partial charge in [0.05, 0.1) is 29.9 Å². The minimum absolute atomic E-state index is 0.0250. The first kappa shape index (κ1) is 17.6. The van der Waals surface area contributed by atoms with Crippen LogP contribution in [0, 0.1) is 11.6 Å². The molecule has 0 saturated heterocycles. The van der Waals surface area contributed by atoms with Crippen LogP contribution in [0.15, 0.2) is 47.7 Å². The molecule has 8 heteroatoms. The number of aromatic nitrogens is 3. The second kappa shape index (κ2) is 6.71. The normalized spacial score (nSPS) is 22.3. The topological polar surface area (TPSA) is 91.1 Å². The first-order valence-corrected chi connectivity index (χ1v) is 8.53. The summed E-state index contributed by atoms with van der Waals surface area (Å²) in [6.45, 7) is 0. The molecule has 1 fully saturated rings. The van der Waals surface area contributed by atoms with Crippen LogP contribution in [0.3, 0.4) is 0 Å². The van der Waals surface area contributed by atoms with E-state index in [1.807, 2.05) is 0 Å². The Hall–Kier alpha value is -2.84. The first-order chi connectivity index (χ1) is 13.0. The maximum absolute atomic E-state index is 14.4. The van der Waals surface area contributed by atoms with Crippen molar-refractivity contribution in [3.05, 3.63) is 64.8 Å². The van der Waals surface area contributed by atoms with Crippen LogP contribution in [0.5, 0.6) is 0 Å². The Balaban J connectivity index is 1.93. The Labute approximate surface area is 152 Å². The Morgan fingerprint density at radius 3 is 2.63 bits per heavy atom. The lowest BCUT2D eigenvalue weighted by molar-refractivity contribution is 0.0238. The van der Waals surface area contributed by atoms with Gasteiger partial charge in [-0.05, 0) is 37.1 Å². The number of nitrogens with zero attached hydrogens (tertiary/aromatic N) is 2. The van der Waals surface area contributed by atoms with Crippen molar-refractivity contribution in [1.82, 2.24) is 14.5 Å². The molecule has 0 spiro atoms. The van der Waals surface area contributed by atoms with Crippen LogP contribution in [-0.2, 0) is 0 Å². The number of pyridine rings is 1. The van der Waals surface area contributed by atoms with E-state index in [4.69, 9.17) is 0 Å². The van der Waals surface area contributed by atoms with E-state index < -0.39 is 29.9 Å². The minimum atomic E-state index is -1.01. The van der Waals surface area contributed by atoms with Crippen LogP contribution < -0.4 is 5.56 Å². The zero-order valence-corrected chi connectivity index (χ0v) is 14.1. The Bertz CT molecular complexity index is 1030. The van der Waals surface area contributed by atoms with Gasteiger partial charge in [-0.25, -0.2) is 13.8 Å².